The van der Waals surface area contributed by atoms with Crippen LogP contribution >= 0.6 is 0 Å². The minimum absolute atomic E-state index is 0. The molecule has 0 N–H and O–H groups in total. The van der Waals surface area contributed by atoms with E-state index in [9.17, 15) is 0 Å². The van der Waals surface area contributed by atoms with E-state index in [0.717, 1.165) is 0 Å². The molecule has 12 heavy (non-hydrogen) atoms. The molecule has 0 fully saturated rings. The second-order valence-corrected chi connectivity index (χ2v) is 2.37. The zero-order valence-electron chi connectivity index (χ0n) is 8.39. The summed E-state index contributed by atoms with van der Waals surface area (Å²) in [6, 6.07) is 10.4. The maximum Gasteiger partial charge on any atom is 1.00 e. The molecule has 0 radical (unpaired) electrons. The summed E-state index contributed by atoms with van der Waals surface area (Å²) in [7, 11) is 0. The van der Waals surface area contributed by atoms with Gasteiger partial charge in [0.15, 0.2) is 0 Å². The van der Waals surface area contributed by atoms with Gasteiger partial charge in [0.2, 0.25) is 0 Å². The molecule has 0 nitrogen and oxygen atoms in total. The summed E-state index contributed by atoms with van der Waals surface area (Å²) >= 11 is 0. The van der Waals surface area contributed by atoms with E-state index in [-0.39, 0.29) is 96.7 Å². The first-order chi connectivity index (χ1) is 4.30. The Morgan fingerprint density at radius 2 is 1.42 bits per heavy atom. The summed E-state index contributed by atoms with van der Waals surface area (Å²) in [6.07, 6.45) is 0. The van der Waals surface area contributed by atoms with Gasteiger partial charge < -0.3 is 7.43 Å². The Morgan fingerprint density at radius 3 is 1.67 bits per heavy atom. The summed E-state index contributed by atoms with van der Waals surface area (Å²) in [5.41, 5.74) is 1.33. The molecule has 0 bridgehead atoms. The fourth-order valence-corrected chi connectivity index (χ4v) is 0.771. The van der Waals surface area contributed by atoms with Gasteiger partial charge in [-0.15, -0.1) is 12.1 Å². The van der Waals surface area contributed by atoms with Crippen LogP contribution in [-0.4, -0.2) is 0 Å². The van der Waals surface area contributed by atoms with E-state index in [2.05, 4.69) is 38.1 Å². The van der Waals surface area contributed by atoms with Crippen LogP contribution in [-0.2, 0) is 0 Å². The van der Waals surface area contributed by atoms with Crippen molar-refractivity contribution in [1.82, 2.24) is 0 Å². The van der Waals surface area contributed by atoms with Crippen molar-refractivity contribution in [1.29, 1.82) is 0 Å². The fraction of sp³-hybridized carbons (Fsp3) is 0.200. The van der Waals surface area contributed by atoms with Crippen LogP contribution in [0.15, 0.2) is 30.3 Å². The Hall–Kier alpha value is 1.95. The fourth-order valence-electron chi connectivity index (χ4n) is 0.771. The van der Waals surface area contributed by atoms with Crippen molar-refractivity contribution in [2.45, 2.75) is 13.8 Å². The van der Waals surface area contributed by atoms with Gasteiger partial charge in [0.1, 0.15) is 0 Å². The average molecular weight is 458 g/mol. The third-order valence-corrected chi connectivity index (χ3v) is 1.35. The number of rotatable bonds is 1. The third kappa shape index (κ3) is 7.36. The molecule has 2 heteroatoms. The van der Waals surface area contributed by atoms with Crippen molar-refractivity contribution in [2.24, 2.45) is 0 Å². The number of hydrogen-bond donors (Lipinski definition) is 0. The summed E-state index contributed by atoms with van der Waals surface area (Å²) in [4.78, 5) is 0. The van der Waals surface area contributed by atoms with Crippen LogP contribution in [0.3, 0.4) is 0 Å². The minimum Gasteiger partial charge on any atom is -0.358 e. The monoisotopic (exact) mass is 457 g/mol. The summed E-state index contributed by atoms with van der Waals surface area (Å²) in [6.45, 7) is 4.24. The van der Waals surface area contributed by atoms with E-state index in [1.165, 1.54) is 11.5 Å². The molecule has 60 valence electrons. The molecule has 0 aromatic heterocycles. The molecule has 0 atom stereocenters. The van der Waals surface area contributed by atoms with Crippen LogP contribution in [0.4, 0.5) is 0 Å². The summed E-state index contributed by atoms with van der Waals surface area (Å²) in [5.74, 6) is 1.37. The number of benzene rings is 1. The van der Waals surface area contributed by atoms with Gasteiger partial charge >= 0.3 is 58.2 Å². The summed E-state index contributed by atoms with van der Waals surface area (Å²) in [5, 5.41) is 0. The van der Waals surface area contributed by atoms with Crippen LogP contribution in [0.2, 0.25) is 0 Å². The van der Waals surface area contributed by atoms with Crippen LogP contribution in [0.5, 0.6) is 0 Å². The normalized spacial score (nSPS) is 6.83. The van der Waals surface area contributed by atoms with E-state index in [1.807, 2.05) is 6.07 Å². The third-order valence-electron chi connectivity index (χ3n) is 1.35. The molecule has 1 rings (SSSR count). The van der Waals surface area contributed by atoms with Gasteiger partial charge in [0, 0.05) is 31.1 Å². The smallest absolute Gasteiger partial charge is 0.358 e. The molecule has 1 aromatic rings. The molecule has 0 heterocycles. The van der Waals surface area contributed by atoms with Crippen LogP contribution in [0.1, 0.15) is 19.4 Å². The minimum atomic E-state index is 0. The predicted molar refractivity (Wildman–Crippen MR) is 46.5 cm³/mol. The molecular formula is C10H14RbU-. The molecule has 0 unspecified atom stereocenters. The van der Waals surface area contributed by atoms with Crippen molar-refractivity contribution in [2.75, 3.05) is 0 Å². The predicted octanol–water partition coefficient (Wildman–Crippen LogP) is 0.103. The van der Waals surface area contributed by atoms with Crippen molar-refractivity contribution in [3.8, 4) is 0 Å². The Kier molecular flexibility index (Phi) is 17.9. The zero-order chi connectivity index (χ0) is 6.69. The van der Waals surface area contributed by atoms with Crippen LogP contribution in [0, 0.1) is 44.5 Å². The van der Waals surface area contributed by atoms with Crippen LogP contribution < -0.4 is 58.2 Å². The molecule has 0 saturated heterocycles. The van der Waals surface area contributed by atoms with Gasteiger partial charge in [-0.05, 0) is 0 Å². The Balaban J connectivity index is -0.000000270. The van der Waals surface area contributed by atoms with E-state index >= 15 is 0 Å². The SMILES string of the molecule is C[C-](C)c1ccccc1.[CH3-].[Rb+].[U]. The Morgan fingerprint density at radius 1 is 1.00 bits per heavy atom. The Labute approximate surface area is 149 Å². The van der Waals surface area contributed by atoms with E-state index in [1.54, 1.807) is 0 Å². The van der Waals surface area contributed by atoms with Gasteiger partial charge in [-0.3, -0.25) is 0 Å². The molecule has 0 aliphatic heterocycles. The first-order valence-electron chi connectivity index (χ1n) is 3.16. The van der Waals surface area contributed by atoms with Crippen molar-refractivity contribution in [3.05, 3.63) is 49.2 Å². The standard InChI is InChI=1S/C9H11.CH3.Rb.U/c1-8(2)9-6-4-3-5-7-9;;;/h3-7H,1-2H3;1H3;;/q2*-1;+1;. The average Bonchev–Trinajstić information content (AvgIpc) is 1.90. The zero-order valence-corrected chi connectivity index (χ0v) is 17.5. The van der Waals surface area contributed by atoms with Gasteiger partial charge in [-0.2, -0.15) is 23.6 Å². The molecule has 0 spiro atoms. The van der Waals surface area contributed by atoms with Gasteiger partial charge in [0.05, 0.1) is 0 Å². The van der Waals surface area contributed by atoms with Crippen LogP contribution in [0.25, 0.3) is 0 Å². The second kappa shape index (κ2) is 11.0. The van der Waals surface area contributed by atoms with E-state index < -0.39 is 0 Å². The molecule has 0 saturated carbocycles. The second-order valence-electron chi connectivity index (χ2n) is 2.37. The first-order valence-corrected chi connectivity index (χ1v) is 3.16. The van der Waals surface area contributed by atoms with E-state index in [4.69, 9.17) is 0 Å². The largest absolute Gasteiger partial charge is 1.00 e. The van der Waals surface area contributed by atoms with Gasteiger partial charge in [0.25, 0.3) is 0 Å². The molecule has 0 amide bonds. The molecular weight excluding hydrogens is 444 g/mol. The molecule has 0 aliphatic carbocycles. The van der Waals surface area contributed by atoms with Gasteiger partial charge in [-0.1, -0.05) is 19.9 Å². The first kappa shape index (κ1) is 19.5. The number of hydrogen-bond acceptors (Lipinski definition) is 0. The topological polar surface area (TPSA) is 0 Å². The Bertz CT molecular complexity index is 172. The maximum absolute atomic E-state index is 2.12. The molecule has 1 aromatic carbocycles. The summed E-state index contributed by atoms with van der Waals surface area (Å²) < 4.78 is 0. The van der Waals surface area contributed by atoms with Gasteiger partial charge in [-0.25, -0.2) is 0 Å². The molecule has 0 aliphatic rings. The van der Waals surface area contributed by atoms with Crippen molar-refractivity contribution < 1.29 is 89.3 Å². The quantitative estimate of drug-likeness (QED) is 0.525. The van der Waals surface area contributed by atoms with Crippen molar-refractivity contribution in [3.63, 3.8) is 0 Å². The van der Waals surface area contributed by atoms with E-state index in [0.29, 0.717) is 0 Å². The maximum atomic E-state index is 2.12. The van der Waals surface area contributed by atoms with Crippen molar-refractivity contribution >= 4 is 0 Å².